The number of nitrogens with one attached hydrogen (secondary N) is 1. The Morgan fingerprint density at radius 1 is 0.926 bits per heavy atom. The van der Waals surface area contributed by atoms with E-state index in [9.17, 15) is 4.39 Å². The van der Waals surface area contributed by atoms with Gasteiger partial charge >= 0.3 is 0 Å². The molecule has 0 atom stereocenters. The van der Waals surface area contributed by atoms with Crippen molar-refractivity contribution in [3.8, 4) is 11.5 Å². The summed E-state index contributed by atoms with van der Waals surface area (Å²) in [5.41, 5.74) is 2.59. The van der Waals surface area contributed by atoms with Gasteiger partial charge in [-0.25, -0.2) is 4.39 Å². The average molecular weight is 406 g/mol. The molecule has 0 bridgehead atoms. The molecule has 3 rings (SSSR count). The van der Waals surface area contributed by atoms with Crippen LogP contribution in [0.4, 0.5) is 10.1 Å². The van der Waals surface area contributed by atoms with Crippen LogP contribution in [-0.2, 0) is 13.2 Å². The highest BCUT2D eigenvalue weighted by atomic mass is 35.5. The lowest BCUT2D eigenvalue weighted by Gasteiger charge is -2.15. The van der Waals surface area contributed by atoms with E-state index in [1.54, 1.807) is 19.2 Å². The first-order valence-electron chi connectivity index (χ1n) is 8.29. The number of benzene rings is 3. The van der Waals surface area contributed by atoms with Gasteiger partial charge in [0.15, 0.2) is 11.5 Å². The van der Waals surface area contributed by atoms with Gasteiger partial charge in [0.2, 0.25) is 0 Å². The zero-order chi connectivity index (χ0) is 19.2. The Morgan fingerprint density at radius 3 is 2.37 bits per heavy atom. The maximum absolute atomic E-state index is 13.0. The van der Waals surface area contributed by atoms with Crippen LogP contribution in [0.1, 0.15) is 11.1 Å². The summed E-state index contributed by atoms with van der Waals surface area (Å²) >= 11 is 12.6. The molecule has 0 radical (unpaired) electrons. The minimum atomic E-state index is -0.287. The van der Waals surface area contributed by atoms with Crippen LogP contribution in [0.3, 0.4) is 0 Å². The second-order valence-electron chi connectivity index (χ2n) is 5.86. The van der Waals surface area contributed by atoms with Crippen molar-refractivity contribution >= 4 is 28.9 Å². The van der Waals surface area contributed by atoms with Gasteiger partial charge in [0, 0.05) is 6.54 Å². The number of hydrogen-bond donors (Lipinski definition) is 1. The maximum Gasteiger partial charge on any atom is 0.180 e. The van der Waals surface area contributed by atoms with Gasteiger partial charge in [-0.2, -0.15) is 0 Å². The highest BCUT2D eigenvalue weighted by Crippen LogP contribution is 2.37. The molecule has 1 N–H and O–H groups in total. The van der Waals surface area contributed by atoms with Crippen molar-refractivity contribution in [3.05, 3.63) is 87.7 Å². The third-order valence-corrected chi connectivity index (χ3v) is 4.55. The topological polar surface area (TPSA) is 30.5 Å². The normalized spacial score (nSPS) is 10.5. The molecule has 3 nitrogen and oxygen atoms in total. The van der Waals surface area contributed by atoms with Crippen LogP contribution >= 0.6 is 23.2 Å². The van der Waals surface area contributed by atoms with E-state index >= 15 is 0 Å². The van der Waals surface area contributed by atoms with Gasteiger partial charge in [-0.15, -0.1) is 0 Å². The molecular weight excluding hydrogens is 388 g/mol. The molecule has 0 saturated heterocycles. The molecule has 0 amide bonds. The average Bonchev–Trinajstić information content (AvgIpc) is 2.67. The number of rotatable bonds is 7. The lowest BCUT2D eigenvalue weighted by molar-refractivity contribution is 0.284. The first kappa shape index (κ1) is 19.3. The molecule has 0 heterocycles. The van der Waals surface area contributed by atoms with Crippen molar-refractivity contribution in [2.75, 3.05) is 12.4 Å². The van der Waals surface area contributed by atoms with E-state index in [2.05, 4.69) is 5.32 Å². The third-order valence-electron chi connectivity index (χ3n) is 3.94. The van der Waals surface area contributed by atoms with Crippen molar-refractivity contribution in [2.24, 2.45) is 0 Å². The largest absolute Gasteiger partial charge is 0.493 e. The molecule has 6 heteroatoms. The molecule has 0 spiro atoms. The molecule has 0 saturated carbocycles. The SMILES string of the molecule is COc1cc(CNc2ccccc2Cl)cc(Cl)c1OCc1ccc(F)cc1. The number of para-hydroxylation sites is 1. The van der Waals surface area contributed by atoms with E-state index in [1.165, 1.54) is 12.1 Å². The zero-order valence-corrected chi connectivity index (χ0v) is 16.1. The summed E-state index contributed by atoms with van der Waals surface area (Å²) in [5, 5.41) is 4.35. The van der Waals surface area contributed by atoms with Gasteiger partial charge in [0.1, 0.15) is 12.4 Å². The van der Waals surface area contributed by atoms with E-state index in [1.807, 2.05) is 36.4 Å². The zero-order valence-electron chi connectivity index (χ0n) is 14.6. The fraction of sp³-hybridized carbons (Fsp3) is 0.143. The monoisotopic (exact) mass is 405 g/mol. The summed E-state index contributed by atoms with van der Waals surface area (Å²) in [7, 11) is 1.56. The molecule has 3 aromatic rings. The molecule has 0 aromatic heterocycles. The van der Waals surface area contributed by atoms with Crippen molar-refractivity contribution in [3.63, 3.8) is 0 Å². The summed E-state index contributed by atoms with van der Waals surface area (Å²) in [6.45, 7) is 0.783. The van der Waals surface area contributed by atoms with E-state index in [-0.39, 0.29) is 12.4 Å². The fourth-order valence-electron chi connectivity index (χ4n) is 2.55. The number of anilines is 1. The van der Waals surface area contributed by atoms with Crippen LogP contribution < -0.4 is 14.8 Å². The first-order chi connectivity index (χ1) is 13.1. The molecule has 0 aliphatic heterocycles. The standard InChI is InChI=1S/C21H18Cl2FNO2/c1-26-20-11-15(12-25-19-5-3-2-4-17(19)22)10-18(23)21(20)27-13-14-6-8-16(24)9-7-14/h2-11,25H,12-13H2,1H3. The van der Waals surface area contributed by atoms with Crippen LogP contribution in [0, 0.1) is 5.82 Å². The highest BCUT2D eigenvalue weighted by Gasteiger charge is 2.13. The Labute approximate surface area is 167 Å². The van der Waals surface area contributed by atoms with Gasteiger partial charge in [-0.3, -0.25) is 0 Å². The van der Waals surface area contributed by atoms with Crippen LogP contribution in [0.2, 0.25) is 10.0 Å². The minimum Gasteiger partial charge on any atom is -0.493 e. The predicted molar refractivity (Wildman–Crippen MR) is 108 cm³/mol. The summed E-state index contributed by atoms with van der Waals surface area (Å²) in [6, 6.07) is 17.3. The van der Waals surface area contributed by atoms with Gasteiger partial charge < -0.3 is 14.8 Å². The molecule has 0 unspecified atom stereocenters. The summed E-state index contributed by atoms with van der Waals surface area (Å²) < 4.78 is 24.2. The highest BCUT2D eigenvalue weighted by molar-refractivity contribution is 6.33. The molecule has 27 heavy (non-hydrogen) atoms. The smallest absolute Gasteiger partial charge is 0.180 e. The van der Waals surface area contributed by atoms with Crippen LogP contribution in [-0.4, -0.2) is 7.11 Å². The quantitative estimate of drug-likeness (QED) is 0.497. The van der Waals surface area contributed by atoms with Crippen molar-refractivity contribution in [1.29, 1.82) is 0 Å². The Kier molecular flexibility index (Phi) is 6.43. The molecule has 140 valence electrons. The van der Waals surface area contributed by atoms with Gasteiger partial charge in [-0.05, 0) is 47.5 Å². The maximum atomic E-state index is 13.0. The number of hydrogen-bond acceptors (Lipinski definition) is 3. The Balaban J connectivity index is 1.72. The molecule has 0 aliphatic rings. The molecule has 0 aliphatic carbocycles. The third kappa shape index (κ3) is 5.06. The van der Waals surface area contributed by atoms with Gasteiger partial charge in [0.05, 0.1) is 22.8 Å². The Hall–Kier alpha value is -2.43. The van der Waals surface area contributed by atoms with Gasteiger partial charge in [-0.1, -0.05) is 47.5 Å². The van der Waals surface area contributed by atoms with Crippen LogP contribution in [0.5, 0.6) is 11.5 Å². The number of methoxy groups -OCH3 is 1. The minimum absolute atomic E-state index is 0.258. The lowest BCUT2D eigenvalue weighted by atomic mass is 10.2. The predicted octanol–water partition coefficient (Wildman–Crippen LogP) is 6.33. The Bertz CT molecular complexity index is 917. The second-order valence-corrected chi connectivity index (χ2v) is 6.67. The van der Waals surface area contributed by atoms with Crippen LogP contribution in [0.25, 0.3) is 0 Å². The van der Waals surface area contributed by atoms with Crippen molar-refractivity contribution in [2.45, 2.75) is 13.2 Å². The number of halogens is 3. The van der Waals surface area contributed by atoms with E-state index in [4.69, 9.17) is 32.7 Å². The second kappa shape index (κ2) is 8.98. The summed E-state index contributed by atoms with van der Waals surface area (Å²) in [5.74, 6) is 0.690. The molecule has 3 aromatic carbocycles. The van der Waals surface area contributed by atoms with E-state index in [0.717, 1.165) is 16.8 Å². The van der Waals surface area contributed by atoms with E-state index < -0.39 is 0 Å². The molecule has 0 fully saturated rings. The summed E-state index contributed by atoms with van der Waals surface area (Å²) in [4.78, 5) is 0. The van der Waals surface area contributed by atoms with Crippen LogP contribution in [0.15, 0.2) is 60.7 Å². The first-order valence-corrected chi connectivity index (χ1v) is 9.04. The fourth-order valence-corrected chi connectivity index (χ4v) is 3.04. The lowest BCUT2D eigenvalue weighted by Crippen LogP contribution is -2.03. The van der Waals surface area contributed by atoms with E-state index in [0.29, 0.717) is 28.1 Å². The Morgan fingerprint density at radius 2 is 1.67 bits per heavy atom. The van der Waals surface area contributed by atoms with Crippen molar-refractivity contribution in [1.82, 2.24) is 0 Å². The van der Waals surface area contributed by atoms with Crippen molar-refractivity contribution < 1.29 is 13.9 Å². The van der Waals surface area contributed by atoms with Gasteiger partial charge in [0.25, 0.3) is 0 Å². The summed E-state index contributed by atoms with van der Waals surface area (Å²) in [6.07, 6.45) is 0. The molecular formula is C21H18Cl2FNO2. The number of ether oxygens (including phenoxy) is 2.